The number of rotatable bonds is 1. The molecule has 1 fully saturated rings. The molecule has 2 aliphatic rings. The Morgan fingerprint density at radius 1 is 0.957 bits per heavy atom. The quantitative estimate of drug-likeness (QED) is 0.688. The molecule has 23 heavy (non-hydrogen) atoms. The van der Waals surface area contributed by atoms with Crippen molar-refractivity contribution in [2.45, 2.75) is 44.6 Å². The van der Waals surface area contributed by atoms with E-state index in [0.29, 0.717) is 0 Å². The van der Waals surface area contributed by atoms with E-state index in [1.807, 2.05) is 18.2 Å². The average Bonchev–Trinajstić information content (AvgIpc) is 3.39. The molecule has 0 unspecified atom stereocenters. The van der Waals surface area contributed by atoms with Crippen molar-refractivity contribution in [1.29, 1.82) is 0 Å². The van der Waals surface area contributed by atoms with Crippen molar-refractivity contribution < 1.29 is 0 Å². The monoisotopic (exact) mass is 301 g/mol. The lowest BCUT2D eigenvalue weighted by Gasteiger charge is -2.40. The third-order valence-electron chi connectivity index (χ3n) is 5.13. The van der Waals surface area contributed by atoms with Gasteiger partial charge in [0.15, 0.2) is 0 Å². The first-order chi connectivity index (χ1) is 11.1. The van der Waals surface area contributed by atoms with Crippen LogP contribution in [0.4, 0.5) is 5.69 Å². The highest BCUT2D eigenvalue weighted by atomic mass is 15.2. The SMILES string of the molecule is CC1(C)CCN(C2CC2)c2ccc(C#Cc3ccccc3)cc21. The Balaban J connectivity index is 1.70. The van der Waals surface area contributed by atoms with Crippen LogP contribution in [0.15, 0.2) is 48.5 Å². The molecule has 2 aromatic rings. The zero-order valence-corrected chi connectivity index (χ0v) is 14.0. The minimum absolute atomic E-state index is 0.241. The van der Waals surface area contributed by atoms with Gasteiger partial charge in [-0.05, 0) is 60.6 Å². The summed E-state index contributed by atoms with van der Waals surface area (Å²) < 4.78 is 0. The van der Waals surface area contributed by atoms with Crippen LogP contribution in [-0.2, 0) is 5.41 Å². The van der Waals surface area contributed by atoms with E-state index in [9.17, 15) is 0 Å². The first-order valence-electron chi connectivity index (χ1n) is 8.62. The van der Waals surface area contributed by atoms with E-state index in [-0.39, 0.29) is 5.41 Å². The number of hydrogen-bond acceptors (Lipinski definition) is 1. The molecule has 1 aliphatic carbocycles. The van der Waals surface area contributed by atoms with E-state index in [1.165, 1.54) is 37.1 Å². The zero-order chi connectivity index (χ0) is 15.9. The number of fused-ring (bicyclic) bond motifs is 1. The minimum Gasteiger partial charge on any atom is -0.368 e. The summed E-state index contributed by atoms with van der Waals surface area (Å²) in [6.07, 6.45) is 3.94. The van der Waals surface area contributed by atoms with Crippen molar-refractivity contribution in [1.82, 2.24) is 0 Å². The van der Waals surface area contributed by atoms with Crippen LogP contribution in [0.3, 0.4) is 0 Å². The van der Waals surface area contributed by atoms with E-state index in [2.05, 4.69) is 60.9 Å². The minimum atomic E-state index is 0.241. The molecular formula is C22H23N. The third kappa shape index (κ3) is 2.86. The summed E-state index contributed by atoms with van der Waals surface area (Å²) in [7, 11) is 0. The van der Waals surface area contributed by atoms with Crippen LogP contribution in [0.5, 0.6) is 0 Å². The molecule has 0 amide bonds. The summed E-state index contributed by atoms with van der Waals surface area (Å²) in [5.41, 5.74) is 5.34. The zero-order valence-electron chi connectivity index (χ0n) is 14.0. The van der Waals surface area contributed by atoms with Crippen LogP contribution in [-0.4, -0.2) is 12.6 Å². The average molecular weight is 301 g/mol. The third-order valence-corrected chi connectivity index (χ3v) is 5.13. The lowest BCUT2D eigenvalue weighted by Crippen LogP contribution is -2.38. The van der Waals surface area contributed by atoms with Crippen molar-refractivity contribution in [3.05, 3.63) is 65.2 Å². The highest BCUT2D eigenvalue weighted by Crippen LogP contribution is 2.44. The fourth-order valence-corrected chi connectivity index (χ4v) is 3.49. The summed E-state index contributed by atoms with van der Waals surface area (Å²) >= 11 is 0. The van der Waals surface area contributed by atoms with Crippen molar-refractivity contribution in [3.63, 3.8) is 0 Å². The first kappa shape index (κ1) is 14.4. The number of hydrogen-bond donors (Lipinski definition) is 0. The molecule has 0 spiro atoms. The Labute approximate surface area is 139 Å². The first-order valence-corrected chi connectivity index (χ1v) is 8.62. The van der Waals surface area contributed by atoms with Crippen LogP contribution in [0.2, 0.25) is 0 Å². The molecule has 1 nitrogen and oxygen atoms in total. The molecule has 1 aliphatic heterocycles. The van der Waals surface area contributed by atoms with Crippen molar-refractivity contribution >= 4 is 5.69 Å². The molecule has 0 aromatic heterocycles. The smallest absolute Gasteiger partial charge is 0.0407 e. The summed E-state index contributed by atoms with van der Waals surface area (Å²) in [4.78, 5) is 2.62. The second-order valence-corrected chi connectivity index (χ2v) is 7.41. The van der Waals surface area contributed by atoms with Gasteiger partial charge in [0.25, 0.3) is 0 Å². The predicted molar refractivity (Wildman–Crippen MR) is 96.9 cm³/mol. The predicted octanol–water partition coefficient (Wildman–Crippen LogP) is 4.74. The van der Waals surface area contributed by atoms with Crippen molar-refractivity contribution in [2.24, 2.45) is 0 Å². The van der Waals surface area contributed by atoms with Crippen molar-refractivity contribution in [3.8, 4) is 11.8 Å². The van der Waals surface area contributed by atoms with E-state index in [0.717, 1.165) is 17.2 Å². The summed E-state index contributed by atoms with van der Waals surface area (Å²) in [5.74, 6) is 6.62. The highest BCUT2D eigenvalue weighted by Gasteiger charge is 2.37. The molecule has 4 rings (SSSR count). The lowest BCUT2D eigenvalue weighted by molar-refractivity contribution is 0.452. The van der Waals surface area contributed by atoms with Gasteiger partial charge in [-0.1, -0.05) is 43.9 Å². The van der Waals surface area contributed by atoms with Crippen LogP contribution < -0.4 is 4.90 Å². The lowest BCUT2D eigenvalue weighted by atomic mass is 9.77. The van der Waals surface area contributed by atoms with Gasteiger partial charge in [-0.15, -0.1) is 0 Å². The van der Waals surface area contributed by atoms with Crippen LogP contribution in [0, 0.1) is 11.8 Å². The van der Waals surface area contributed by atoms with Gasteiger partial charge in [0.05, 0.1) is 0 Å². The summed E-state index contributed by atoms with van der Waals surface area (Å²) in [5, 5.41) is 0. The molecular weight excluding hydrogens is 278 g/mol. The van der Waals surface area contributed by atoms with Gasteiger partial charge in [0.1, 0.15) is 0 Å². The van der Waals surface area contributed by atoms with E-state index >= 15 is 0 Å². The van der Waals surface area contributed by atoms with E-state index in [4.69, 9.17) is 0 Å². The molecule has 2 aromatic carbocycles. The number of nitrogens with zero attached hydrogens (tertiary/aromatic N) is 1. The molecule has 0 saturated heterocycles. The maximum Gasteiger partial charge on any atom is 0.0407 e. The van der Waals surface area contributed by atoms with Gasteiger partial charge in [0.2, 0.25) is 0 Å². The van der Waals surface area contributed by atoms with Crippen LogP contribution in [0.1, 0.15) is 49.8 Å². The largest absolute Gasteiger partial charge is 0.368 e. The molecule has 1 heterocycles. The highest BCUT2D eigenvalue weighted by molar-refractivity contribution is 5.63. The van der Waals surface area contributed by atoms with Gasteiger partial charge in [0, 0.05) is 29.4 Å². The molecule has 1 saturated carbocycles. The fraction of sp³-hybridized carbons (Fsp3) is 0.364. The molecule has 0 bridgehead atoms. The van der Waals surface area contributed by atoms with Gasteiger partial charge in [-0.2, -0.15) is 0 Å². The molecule has 0 radical (unpaired) electrons. The maximum atomic E-state index is 3.34. The van der Waals surface area contributed by atoms with Crippen LogP contribution >= 0.6 is 0 Å². The number of anilines is 1. The van der Waals surface area contributed by atoms with E-state index in [1.54, 1.807) is 0 Å². The standard InChI is InChI=1S/C22H23N/c1-22(2)14-15-23(19-11-12-19)21-13-10-18(16-20(21)22)9-8-17-6-4-3-5-7-17/h3-7,10,13,16,19H,11-12,14-15H2,1-2H3. The summed E-state index contributed by atoms with van der Waals surface area (Å²) in [6, 6.07) is 17.8. The molecule has 0 atom stereocenters. The van der Waals surface area contributed by atoms with Gasteiger partial charge in [-0.25, -0.2) is 0 Å². The second kappa shape index (κ2) is 5.46. The van der Waals surface area contributed by atoms with Crippen molar-refractivity contribution in [2.75, 3.05) is 11.4 Å². The Hall–Kier alpha value is -2.20. The molecule has 1 heteroatoms. The molecule has 0 N–H and O–H groups in total. The fourth-order valence-electron chi connectivity index (χ4n) is 3.49. The number of benzene rings is 2. The summed E-state index contributed by atoms with van der Waals surface area (Å²) in [6.45, 7) is 5.93. The Morgan fingerprint density at radius 3 is 2.43 bits per heavy atom. The molecule has 116 valence electrons. The maximum absolute atomic E-state index is 3.34. The van der Waals surface area contributed by atoms with Gasteiger partial charge >= 0.3 is 0 Å². The topological polar surface area (TPSA) is 3.24 Å². The Morgan fingerprint density at radius 2 is 1.70 bits per heavy atom. The van der Waals surface area contributed by atoms with Gasteiger partial charge < -0.3 is 4.90 Å². The normalized spacial score (nSPS) is 18.8. The van der Waals surface area contributed by atoms with E-state index < -0.39 is 0 Å². The van der Waals surface area contributed by atoms with Crippen LogP contribution in [0.25, 0.3) is 0 Å². The Bertz CT molecular complexity index is 773. The second-order valence-electron chi connectivity index (χ2n) is 7.41. The van der Waals surface area contributed by atoms with Gasteiger partial charge in [-0.3, -0.25) is 0 Å². The Kier molecular flexibility index (Phi) is 3.42.